The number of unbranched alkanes of at least 4 members (excludes halogenated alkanes) is 1. The number of hydrogen-bond donors (Lipinski definition) is 1. The molecule has 0 spiro atoms. The molecule has 1 aliphatic rings. The third-order valence-corrected chi connectivity index (χ3v) is 4.31. The van der Waals surface area contributed by atoms with Crippen LogP contribution in [0.1, 0.15) is 56.3 Å². The van der Waals surface area contributed by atoms with Crippen LogP contribution in [0.15, 0.2) is 18.2 Å². The molecule has 0 aromatic heterocycles. The largest absolute Gasteiger partial charge is 0.496 e. The highest BCUT2D eigenvalue weighted by Crippen LogP contribution is 2.25. The Labute approximate surface area is 152 Å². The second kappa shape index (κ2) is 12.6. The summed E-state index contributed by atoms with van der Waals surface area (Å²) in [6.45, 7) is 7.01. The van der Waals surface area contributed by atoms with Crippen LogP contribution in [-0.2, 0) is 4.74 Å². The van der Waals surface area contributed by atoms with Crippen molar-refractivity contribution in [1.29, 1.82) is 0 Å². The summed E-state index contributed by atoms with van der Waals surface area (Å²) in [6.07, 6.45) is 6.13. The number of nitrogens with one attached hydrogen (secondary N) is 1. The summed E-state index contributed by atoms with van der Waals surface area (Å²) in [7, 11) is 2.89. The number of ether oxygens (including phenoxy) is 3. The lowest BCUT2D eigenvalue weighted by atomic mass is 9.93. The maximum atomic E-state index is 11.6. The number of carbonyl (C=O) groups is 1. The number of carbonyl (C=O) groups excluding carboxylic acids is 1. The molecule has 1 saturated heterocycles. The minimum Gasteiger partial charge on any atom is -0.496 e. The van der Waals surface area contributed by atoms with Crippen molar-refractivity contribution in [1.82, 2.24) is 5.32 Å². The summed E-state index contributed by atoms with van der Waals surface area (Å²) in [5.74, 6) is 1.66. The van der Waals surface area contributed by atoms with E-state index in [1.54, 1.807) is 18.2 Å². The normalized spacial score (nSPS) is 14.2. The summed E-state index contributed by atoms with van der Waals surface area (Å²) >= 11 is 0. The molecule has 142 valence electrons. The van der Waals surface area contributed by atoms with Gasteiger partial charge in [0.1, 0.15) is 17.1 Å². The standard InChI is InChI=1S/C18H27NO4.C2H6/c1-21-17-13-15(6-7-16(17)18(20)22-2)23-12-4-3-5-14-8-10-19-11-9-14;1-2/h6-7,13-14,19H,3-5,8-12H2,1-2H3;1-2H3. The molecule has 1 aromatic carbocycles. The lowest BCUT2D eigenvalue weighted by Gasteiger charge is -2.22. The Bertz CT molecular complexity index is 498. The molecule has 1 fully saturated rings. The fourth-order valence-electron chi connectivity index (χ4n) is 2.94. The number of piperidine rings is 1. The first-order chi connectivity index (χ1) is 12.2. The number of methoxy groups -OCH3 is 2. The molecule has 0 unspecified atom stereocenters. The zero-order chi connectivity index (χ0) is 18.5. The van der Waals surface area contributed by atoms with Crippen LogP contribution in [0, 0.1) is 5.92 Å². The van der Waals surface area contributed by atoms with Gasteiger partial charge in [0.25, 0.3) is 0 Å². The Morgan fingerprint density at radius 2 is 1.88 bits per heavy atom. The van der Waals surface area contributed by atoms with Gasteiger partial charge in [-0.25, -0.2) is 4.79 Å². The molecule has 0 radical (unpaired) electrons. The molecule has 25 heavy (non-hydrogen) atoms. The fraction of sp³-hybridized carbons (Fsp3) is 0.650. The second-order valence-corrected chi connectivity index (χ2v) is 5.89. The van der Waals surface area contributed by atoms with E-state index in [4.69, 9.17) is 14.2 Å². The van der Waals surface area contributed by atoms with Gasteiger partial charge in [-0.05, 0) is 56.8 Å². The van der Waals surface area contributed by atoms with Crippen LogP contribution in [0.2, 0.25) is 0 Å². The second-order valence-electron chi connectivity index (χ2n) is 5.89. The van der Waals surface area contributed by atoms with E-state index in [1.807, 2.05) is 13.8 Å². The van der Waals surface area contributed by atoms with E-state index in [-0.39, 0.29) is 0 Å². The van der Waals surface area contributed by atoms with Crippen molar-refractivity contribution in [3.05, 3.63) is 23.8 Å². The van der Waals surface area contributed by atoms with Crippen LogP contribution in [-0.4, -0.2) is 39.9 Å². The van der Waals surface area contributed by atoms with Crippen LogP contribution < -0.4 is 14.8 Å². The Balaban J connectivity index is 0.00000151. The molecule has 5 nitrogen and oxygen atoms in total. The molecular formula is C20H33NO4. The highest BCUT2D eigenvalue weighted by molar-refractivity contribution is 5.92. The average molecular weight is 351 g/mol. The lowest BCUT2D eigenvalue weighted by Crippen LogP contribution is -2.27. The maximum absolute atomic E-state index is 11.6. The molecule has 1 aromatic rings. The van der Waals surface area contributed by atoms with Crippen LogP contribution in [0.3, 0.4) is 0 Å². The molecule has 0 atom stereocenters. The molecule has 0 aliphatic carbocycles. The number of rotatable bonds is 8. The van der Waals surface area contributed by atoms with E-state index in [0.717, 1.165) is 31.2 Å². The minimum atomic E-state index is -0.407. The predicted octanol–water partition coefficient (Wildman–Crippen LogP) is 4.06. The van der Waals surface area contributed by atoms with Gasteiger partial charge in [-0.15, -0.1) is 0 Å². The van der Waals surface area contributed by atoms with Gasteiger partial charge in [0, 0.05) is 6.07 Å². The number of benzene rings is 1. The van der Waals surface area contributed by atoms with Gasteiger partial charge in [0.15, 0.2) is 0 Å². The molecule has 0 amide bonds. The van der Waals surface area contributed by atoms with E-state index in [2.05, 4.69) is 5.32 Å². The van der Waals surface area contributed by atoms with Gasteiger partial charge in [-0.3, -0.25) is 0 Å². The highest BCUT2D eigenvalue weighted by Gasteiger charge is 2.14. The van der Waals surface area contributed by atoms with Gasteiger partial charge in [0.2, 0.25) is 0 Å². The quantitative estimate of drug-likeness (QED) is 0.565. The highest BCUT2D eigenvalue weighted by atomic mass is 16.5. The monoisotopic (exact) mass is 351 g/mol. The Morgan fingerprint density at radius 1 is 1.16 bits per heavy atom. The molecule has 0 bridgehead atoms. The van der Waals surface area contributed by atoms with E-state index in [0.29, 0.717) is 17.9 Å². The van der Waals surface area contributed by atoms with Gasteiger partial charge in [0.05, 0.1) is 20.8 Å². The van der Waals surface area contributed by atoms with Crippen molar-refractivity contribution in [3.63, 3.8) is 0 Å². The van der Waals surface area contributed by atoms with Crippen molar-refractivity contribution < 1.29 is 19.0 Å². The Hall–Kier alpha value is -1.75. The lowest BCUT2D eigenvalue weighted by molar-refractivity contribution is 0.0597. The SMILES string of the molecule is CC.COC(=O)c1ccc(OCCCCC2CCNCC2)cc1OC. The molecule has 1 N–H and O–H groups in total. The average Bonchev–Trinajstić information content (AvgIpc) is 2.69. The predicted molar refractivity (Wildman–Crippen MR) is 101 cm³/mol. The summed E-state index contributed by atoms with van der Waals surface area (Å²) in [4.78, 5) is 11.6. The van der Waals surface area contributed by atoms with E-state index in [9.17, 15) is 4.79 Å². The van der Waals surface area contributed by atoms with Crippen LogP contribution in [0.4, 0.5) is 0 Å². The van der Waals surface area contributed by atoms with Crippen molar-refractivity contribution in [2.75, 3.05) is 33.9 Å². The van der Waals surface area contributed by atoms with Crippen molar-refractivity contribution in [2.24, 2.45) is 5.92 Å². The van der Waals surface area contributed by atoms with Crippen molar-refractivity contribution >= 4 is 5.97 Å². The molecule has 1 heterocycles. The minimum absolute atomic E-state index is 0.407. The maximum Gasteiger partial charge on any atom is 0.341 e. The smallest absolute Gasteiger partial charge is 0.341 e. The van der Waals surface area contributed by atoms with Crippen LogP contribution in [0.5, 0.6) is 11.5 Å². The van der Waals surface area contributed by atoms with Crippen LogP contribution in [0.25, 0.3) is 0 Å². The van der Waals surface area contributed by atoms with E-state index in [1.165, 1.54) is 39.9 Å². The third-order valence-electron chi connectivity index (χ3n) is 4.31. The summed E-state index contributed by atoms with van der Waals surface area (Å²) in [5, 5.41) is 3.40. The zero-order valence-electron chi connectivity index (χ0n) is 16.1. The van der Waals surface area contributed by atoms with Gasteiger partial charge in [-0.1, -0.05) is 20.3 Å². The fourth-order valence-corrected chi connectivity index (χ4v) is 2.94. The summed E-state index contributed by atoms with van der Waals surface area (Å²) in [6, 6.07) is 5.19. The molecule has 1 aliphatic heterocycles. The van der Waals surface area contributed by atoms with Crippen molar-refractivity contribution in [2.45, 2.75) is 46.0 Å². The summed E-state index contributed by atoms with van der Waals surface area (Å²) in [5.41, 5.74) is 0.410. The first kappa shape index (κ1) is 21.3. The van der Waals surface area contributed by atoms with E-state index < -0.39 is 5.97 Å². The zero-order valence-corrected chi connectivity index (χ0v) is 16.1. The number of hydrogen-bond acceptors (Lipinski definition) is 5. The van der Waals surface area contributed by atoms with Gasteiger partial charge < -0.3 is 19.5 Å². The Morgan fingerprint density at radius 3 is 2.52 bits per heavy atom. The third kappa shape index (κ3) is 7.34. The van der Waals surface area contributed by atoms with Gasteiger partial charge in [-0.2, -0.15) is 0 Å². The molecule has 2 rings (SSSR count). The van der Waals surface area contributed by atoms with Gasteiger partial charge >= 0.3 is 5.97 Å². The molecule has 0 saturated carbocycles. The first-order valence-electron chi connectivity index (χ1n) is 9.34. The Kier molecular flexibility index (Phi) is 10.7. The molecular weight excluding hydrogens is 318 g/mol. The topological polar surface area (TPSA) is 56.8 Å². The van der Waals surface area contributed by atoms with Crippen molar-refractivity contribution in [3.8, 4) is 11.5 Å². The number of esters is 1. The summed E-state index contributed by atoms with van der Waals surface area (Å²) < 4.78 is 15.7. The van der Waals surface area contributed by atoms with E-state index >= 15 is 0 Å². The first-order valence-corrected chi connectivity index (χ1v) is 9.34. The van der Waals surface area contributed by atoms with Crippen LogP contribution >= 0.6 is 0 Å². The molecule has 5 heteroatoms.